The quantitative estimate of drug-likeness (QED) is 0.913. The van der Waals surface area contributed by atoms with Gasteiger partial charge in [0.25, 0.3) is 5.56 Å². The number of nitrogens with zero attached hydrogens (tertiary/aromatic N) is 3. The van der Waals surface area contributed by atoms with E-state index in [-0.39, 0.29) is 18.6 Å². The molecule has 0 aliphatic heterocycles. The summed E-state index contributed by atoms with van der Waals surface area (Å²) >= 11 is 0. The highest BCUT2D eigenvalue weighted by Gasteiger charge is 2.15. The average molecular weight is 320 g/mol. The van der Waals surface area contributed by atoms with Gasteiger partial charge in [-0.05, 0) is 26.8 Å². The second-order valence-corrected chi connectivity index (χ2v) is 5.87. The second kappa shape index (κ2) is 6.64. The third-order valence-corrected chi connectivity index (χ3v) is 2.88. The summed E-state index contributed by atoms with van der Waals surface area (Å²) in [6, 6.07) is 3.39. The normalized spacial score (nSPS) is 11.3. The van der Waals surface area contributed by atoms with E-state index in [0.717, 1.165) is 0 Å². The number of carbonyl (C=O) groups is 1. The van der Waals surface area contributed by atoms with Gasteiger partial charge in [0.2, 0.25) is 5.88 Å². The molecule has 2 aromatic heterocycles. The lowest BCUT2D eigenvalue weighted by Crippen LogP contribution is -2.35. The first-order chi connectivity index (χ1) is 10.8. The lowest BCUT2D eigenvalue weighted by atomic mass is 10.2. The molecular weight excluding hydrogens is 300 g/mol. The maximum absolute atomic E-state index is 12.0. The van der Waals surface area contributed by atoms with E-state index in [1.165, 1.54) is 17.9 Å². The summed E-state index contributed by atoms with van der Waals surface area (Å²) in [6.45, 7) is 5.82. The van der Waals surface area contributed by atoms with Crippen LogP contribution in [0.15, 0.2) is 23.1 Å². The molecule has 0 unspecified atom stereocenters. The van der Waals surface area contributed by atoms with Crippen LogP contribution >= 0.6 is 0 Å². The molecular formula is C15H20N4O4. The number of pyridine rings is 1. The predicted molar refractivity (Wildman–Crippen MR) is 84.6 cm³/mol. The summed E-state index contributed by atoms with van der Waals surface area (Å²) in [6.07, 6.45) is 0.693. The maximum Gasteiger partial charge on any atom is 0.407 e. The molecule has 23 heavy (non-hydrogen) atoms. The number of rotatable bonds is 4. The molecule has 0 aliphatic rings. The largest absolute Gasteiger partial charge is 0.481 e. The Morgan fingerprint density at radius 2 is 2.09 bits per heavy atom. The van der Waals surface area contributed by atoms with Gasteiger partial charge < -0.3 is 14.8 Å². The van der Waals surface area contributed by atoms with Crippen LogP contribution in [0.2, 0.25) is 0 Å². The molecule has 0 atom stereocenters. The van der Waals surface area contributed by atoms with Gasteiger partial charge in [-0.2, -0.15) is 4.98 Å². The lowest BCUT2D eigenvalue weighted by molar-refractivity contribution is 0.0526. The number of nitrogens with one attached hydrogen (secondary N) is 1. The van der Waals surface area contributed by atoms with E-state index in [9.17, 15) is 9.59 Å². The standard InChI is InChI=1S/C15H20N4O4/c1-15(2,3)23-14(21)16-7-8-19-12(20)9-17-10-5-6-11(22-4)18-13(10)19/h5-6,9H,7-8H2,1-4H3,(H,16,21). The number of hydrogen-bond acceptors (Lipinski definition) is 6. The van der Waals surface area contributed by atoms with E-state index >= 15 is 0 Å². The molecule has 0 bridgehead atoms. The van der Waals surface area contributed by atoms with Gasteiger partial charge in [-0.25, -0.2) is 9.78 Å². The third-order valence-electron chi connectivity index (χ3n) is 2.88. The molecule has 0 fully saturated rings. The SMILES string of the molecule is COc1ccc2ncc(=O)n(CCNC(=O)OC(C)(C)C)c2n1. The minimum absolute atomic E-state index is 0.229. The van der Waals surface area contributed by atoms with Crippen molar-refractivity contribution in [2.75, 3.05) is 13.7 Å². The minimum atomic E-state index is -0.570. The van der Waals surface area contributed by atoms with Gasteiger partial charge in [-0.15, -0.1) is 0 Å². The van der Waals surface area contributed by atoms with Crippen molar-refractivity contribution in [3.8, 4) is 5.88 Å². The Balaban J connectivity index is 2.15. The number of ether oxygens (including phenoxy) is 2. The summed E-state index contributed by atoms with van der Waals surface area (Å²) in [5.41, 5.74) is 0.105. The van der Waals surface area contributed by atoms with E-state index in [1.807, 2.05) is 0 Å². The number of methoxy groups -OCH3 is 1. The van der Waals surface area contributed by atoms with Crippen LogP contribution in [0, 0.1) is 0 Å². The molecule has 0 aliphatic carbocycles. The van der Waals surface area contributed by atoms with Gasteiger partial charge in [0.1, 0.15) is 11.1 Å². The Morgan fingerprint density at radius 1 is 1.35 bits per heavy atom. The second-order valence-electron chi connectivity index (χ2n) is 5.87. The zero-order chi connectivity index (χ0) is 17.0. The number of aromatic nitrogens is 3. The fraction of sp³-hybridized carbons (Fsp3) is 0.467. The smallest absolute Gasteiger partial charge is 0.407 e. The Morgan fingerprint density at radius 3 is 2.74 bits per heavy atom. The Labute approximate surface area is 133 Å². The van der Waals surface area contributed by atoms with Crippen LogP contribution in [0.25, 0.3) is 11.2 Å². The third kappa shape index (κ3) is 4.41. The van der Waals surface area contributed by atoms with Gasteiger partial charge in [0, 0.05) is 19.2 Å². The van der Waals surface area contributed by atoms with Crippen LogP contribution in [0.5, 0.6) is 5.88 Å². The first-order valence-corrected chi connectivity index (χ1v) is 7.17. The summed E-state index contributed by atoms with van der Waals surface area (Å²) in [5, 5.41) is 2.61. The molecule has 1 amide bonds. The lowest BCUT2D eigenvalue weighted by Gasteiger charge is -2.19. The highest BCUT2D eigenvalue weighted by atomic mass is 16.6. The average Bonchev–Trinajstić information content (AvgIpc) is 2.47. The number of hydrogen-bond donors (Lipinski definition) is 1. The summed E-state index contributed by atoms with van der Waals surface area (Å²) in [7, 11) is 1.50. The van der Waals surface area contributed by atoms with E-state index < -0.39 is 11.7 Å². The molecule has 0 saturated carbocycles. The topological polar surface area (TPSA) is 95.3 Å². The molecule has 0 spiro atoms. The van der Waals surface area contributed by atoms with E-state index in [4.69, 9.17) is 9.47 Å². The fourth-order valence-corrected chi connectivity index (χ4v) is 1.94. The molecule has 2 heterocycles. The molecule has 0 aromatic carbocycles. The van der Waals surface area contributed by atoms with Crippen LogP contribution in [0.1, 0.15) is 20.8 Å². The number of carbonyl (C=O) groups excluding carboxylic acids is 1. The Kier molecular flexibility index (Phi) is 4.83. The molecule has 2 aromatic rings. The highest BCUT2D eigenvalue weighted by Crippen LogP contribution is 2.12. The van der Waals surface area contributed by atoms with E-state index in [1.54, 1.807) is 32.9 Å². The zero-order valence-corrected chi connectivity index (χ0v) is 13.6. The monoisotopic (exact) mass is 320 g/mol. The van der Waals surface area contributed by atoms with E-state index in [2.05, 4.69) is 15.3 Å². The molecule has 2 rings (SSSR count). The Bertz CT molecular complexity index is 764. The summed E-state index contributed by atoms with van der Waals surface area (Å²) < 4.78 is 11.6. The number of fused-ring (bicyclic) bond motifs is 1. The van der Waals surface area contributed by atoms with Crippen molar-refractivity contribution in [2.24, 2.45) is 0 Å². The maximum atomic E-state index is 12.0. The highest BCUT2D eigenvalue weighted by molar-refractivity contribution is 5.70. The molecule has 1 N–H and O–H groups in total. The Hall–Kier alpha value is -2.64. The molecule has 124 valence electrons. The van der Waals surface area contributed by atoms with Crippen LogP contribution in [-0.4, -0.2) is 39.9 Å². The van der Waals surface area contributed by atoms with Crippen LogP contribution in [-0.2, 0) is 11.3 Å². The molecule has 0 saturated heterocycles. The van der Waals surface area contributed by atoms with Crippen molar-refractivity contribution < 1.29 is 14.3 Å². The minimum Gasteiger partial charge on any atom is -0.481 e. The van der Waals surface area contributed by atoms with Crippen LogP contribution in [0.4, 0.5) is 4.79 Å². The van der Waals surface area contributed by atoms with E-state index in [0.29, 0.717) is 17.0 Å². The number of amides is 1. The van der Waals surface area contributed by atoms with Crippen molar-refractivity contribution >= 4 is 17.3 Å². The molecule has 8 nitrogen and oxygen atoms in total. The fourth-order valence-electron chi connectivity index (χ4n) is 1.94. The van der Waals surface area contributed by atoms with Gasteiger partial charge in [0.15, 0.2) is 5.65 Å². The summed E-state index contributed by atoms with van der Waals surface area (Å²) in [4.78, 5) is 31.9. The van der Waals surface area contributed by atoms with Gasteiger partial charge >= 0.3 is 6.09 Å². The van der Waals surface area contributed by atoms with Crippen molar-refractivity contribution in [3.63, 3.8) is 0 Å². The molecule has 0 radical (unpaired) electrons. The number of alkyl carbamates (subject to hydrolysis) is 1. The van der Waals surface area contributed by atoms with Crippen molar-refractivity contribution in [3.05, 3.63) is 28.7 Å². The summed E-state index contributed by atoms with van der Waals surface area (Å²) in [5.74, 6) is 0.388. The van der Waals surface area contributed by atoms with Crippen LogP contribution in [0.3, 0.4) is 0 Å². The van der Waals surface area contributed by atoms with Crippen molar-refractivity contribution in [1.29, 1.82) is 0 Å². The van der Waals surface area contributed by atoms with Gasteiger partial charge in [-0.3, -0.25) is 9.36 Å². The van der Waals surface area contributed by atoms with Crippen molar-refractivity contribution in [2.45, 2.75) is 32.9 Å². The van der Waals surface area contributed by atoms with Crippen LogP contribution < -0.4 is 15.6 Å². The van der Waals surface area contributed by atoms with Crippen molar-refractivity contribution in [1.82, 2.24) is 19.9 Å². The first-order valence-electron chi connectivity index (χ1n) is 7.17. The first kappa shape index (κ1) is 16.7. The van der Waals surface area contributed by atoms with Gasteiger partial charge in [0.05, 0.1) is 13.3 Å². The predicted octanol–water partition coefficient (Wildman–Crippen LogP) is 1.32. The van der Waals surface area contributed by atoms with Gasteiger partial charge in [-0.1, -0.05) is 0 Å². The molecule has 8 heteroatoms. The zero-order valence-electron chi connectivity index (χ0n) is 13.6.